The molecule has 3 heteroatoms. The van der Waals surface area contributed by atoms with Crippen LogP contribution in [0.25, 0.3) is 0 Å². The molecular formula is C17H27N3. The summed E-state index contributed by atoms with van der Waals surface area (Å²) in [5.41, 5.74) is 2.65. The van der Waals surface area contributed by atoms with Gasteiger partial charge in [-0.2, -0.15) is 0 Å². The summed E-state index contributed by atoms with van der Waals surface area (Å²) < 4.78 is 0. The minimum Gasteiger partial charge on any atom is -0.383 e. The Labute approximate surface area is 123 Å². The van der Waals surface area contributed by atoms with Crippen LogP contribution in [0.1, 0.15) is 32.1 Å². The monoisotopic (exact) mass is 273 g/mol. The number of rotatable bonds is 4. The first-order valence-corrected chi connectivity index (χ1v) is 8.12. The number of benzene rings is 1. The van der Waals surface area contributed by atoms with Gasteiger partial charge in [0, 0.05) is 37.1 Å². The van der Waals surface area contributed by atoms with Crippen molar-refractivity contribution in [3.05, 3.63) is 24.3 Å². The zero-order valence-electron chi connectivity index (χ0n) is 12.6. The van der Waals surface area contributed by atoms with Crippen LogP contribution in [-0.4, -0.2) is 44.2 Å². The lowest BCUT2D eigenvalue weighted by Gasteiger charge is -2.32. The lowest BCUT2D eigenvalue weighted by Crippen LogP contribution is -2.40. The molecule has 2 fully saturated rings. The average Bonchev–Trinajstić information content (AvgIpc) is 3.01. The molecule has 0 spiro atoms. The maximum Gasteiger partial charge on any atom is 0.0386 e. The molecule has 0 amide bonds. The van der Waals surface area contributed by atoms with E-state index in [0.29, 0.717) is 6.04 Å². The van der Waals surface area contributed by atoms with E-state index < -0.39 is 0 Å². The van der Waals surface area contributed by atoms with E-state index in [2.05, 4.69) is 46.4 Å². The van der Waals surface area contributed by atoms with Gasteiger partial charge in [-0.1, -0.05) is 12.5 Å². The third-order valence-electron chi connectivity index (χ3n) is 4.78. The van der Waals surface area contributed by atoms with Gasteiger partial charge in [-0.3, -0.25) is 0 Å². The summed E-state index contributed by atoms with van der Waals surface area (Å²) in [7, 11) is 2.26. The number of hydrogen-bond acceptors (Lipinski definition) is 3. The number of nitrogens with one attached hydrogen (secondary N) is 1. The molecule has 0 bridgehead atoms. The minimum atomic E-state index is 0.694. The molecule has 2 aliphatic heterocycles. The molecule has 1 aromatic rings. The highest BCUT2D eigenvalue weighted by Gasteiger charge is 2.18. The van der Waals surface area contributed by atoms with Crippen LogP contribution in [0.5, 0.6) is 0 Å². The molecule has 0 radical (unpaired) electrons. The molecule has 0 saturated carbocycles. The maximum absolute atomic E-state index is 3.64. The summed E-state index contributed by atoms with van der Waals surface area (Å²) >= 11 is 0. The summed E-state index contributed by atoms with van der Waals surface area (Å²) in [4.78, 5) is 5.00. The molecule has 1 atom stereocenters. The summed E-state index contributed by atoms with van der Waals surface area (Å²) in [6.07, 6.45) is 6.74. The molecule has 0 aromatic heterocycles. The van der Waals surface area contributed by atoms with Gasteiger partial charge >= 0.3 is 0 Å². The average molecular weight is 273 g/mol. The molecular weight excluding hydrogens is 246 g/mol. The fraction of sp³-hybridized carbons (Fsp3) is 0.647. The Bertz CT molecular complexity index is 426. The van der Waals surface area contributed by atoms with E-state index >= 15 is 0 Å². The van der Waals surface area contributed by atoms with Gasteiger partial charge in [0.05, 0.1) is 0 Å². The normalized spacial score (nSPS) is 24.1. The first-order chi connectivity index (χ1) is 9.83. The third-order valence-corrected chi connectivity index (χ3v) is 4.78. The number of anilines is 2. The number of likely N-dealkylation sites (N-methyl/N-ethyl adjacent to an activating group) is 1. The lowest BCUT2D eigenvalue weighted by molar-refractivity contribution is 0.194. The van der Waals surface area contributed by atoms with Crippen molar-refractivity contribution in [3.63, 3.8) is 0 Å². The topological polar surface area (TPSA) is 18.5 Å². The van der Waals surface area contributed by atoms with Crippen LogP contribution in [0, 0.1) is 0 Å². The van der Waals surface area contributed by atoms with Gasteiger partial charge in [0.15, 0.2) is 0 Å². The van der Waals surface area contributed by atoms with Crippen molar-refractivity contribution in [2.24, 2.45) is 0 Å². The van der Waals surface area contributed by atoms with Crippen molar-refractivity contribution >= 4 is 11.4 Å². The van der Waals surface area contributed by atoms with Gasteiger partial charge in [0.2, 0.25) is 0 Å². The number of piperidine rings is 1. The van der Waals surface area contributed by atoms with Crippen molar-refractivity contribution in [2.75, 3.05) is 43.4 Å². The van der Waals surface area contributed by atoms with Gasteiger partial charge in [0.25, 0.3) is 0 Å². The maximum atomic E-state index is 3.64. The molecule has 1 N–H and O–H groups in total. The van der Waals surface area contributed by atoms with Crippen LogP contribution >= 0.6 is 0 Å². The fourth-order valence-electron chi connectivity index (χ4n) is 3.43. The van der Waals surface area contributed by atoms with Crippen LogP contribution in [-0.2, 0) is 0 Å². The second-order valence-electron chi connectivity index (χ2n) is 6.26. The lowest BCUT2D eigenvalue weighted by atomic mass is 10.0. The van der Waals surface area contributed by atoms with E-state index in [9.17, 15) is 0 Å². The largest absolute Gasteiger partial charge is 0.383 e. The molecule has 3 rings (SSSR count). The zero-order chi connectivity index (χ0) is 13.8. The van der Waals surface area contributed by atoms with Gasteiger partial charge in [-0.15, -0.1) is 0 Å². The Morgan fingerprint density at radius 1 is 1.10 bits per heavy atom. The van der Waals surface area contributed by atoms with Crippen LogP contribution < -0.4 is 10.2 Å². The van der Waals surface area contributed by atoms with Crippen molar-refractivity contribution in [1.82, 2.24) is 4.90 Å². The summed E-state index contributed by atoms with van der Waals surface area (Å²) in [6.45, 7) is 4.75. The molecule has 2 aliphatic rings. The van der Waals surface area contributed by atoms with Crippen LogP contribution in [0.3, 0.4) is 0 Å². The van der Waals surface area contributed by atoms with E-state index in [0.717, 1.165) is 6.54 Å². The molecule has 1 unspecified atom stereocenters. The van der Waals surface area contributed by atoms with Crippen LogP contribution in [0.15, 0.2) is 24.3 Å². The van der Waals surface area contributed by atoms with E-state index in [4.69, 9.17) is 0 Å². The Kier molecular flexibility index (Phi) is 4.46. The van der Waals surface area contributed by atoms with E-state index in [1.54, 1.807) is 0 Å². The van der Waals surface area contributed by atoms with Gasteiger partial charge in [-0.05, 0) is 57.5 Å². The molecule has 3 nitrogen and oxygen atoms in total. The van der Waals surface area contributed by atoms with E-state index in [1.807, 2.05) is 0 Å². The second-order valence-corrected chi connectivity index (χ2v) is 6.26. The van der Waals surface area contributed by atoms with Gasteiger partial charge in [0.1, 0.15) is 0 Å². The summed E-state index contributed by atoms with van der Waals surface area (Å²) in [5.74, 6) is 0. The highest BCUT2D eigenvalue weighted by molar-refractivity contribution is 5.58. The Morgan fingerprint density at radius 2 is 1.90 bits per heavy atom. The molecule has 20 heavy (non-hydrogen) atoms. The molecule has 2 heterocycles. The Balaban J connectivity index is 1.58. The van der Waals surface area contributed by atoms with Crippen molar-refractivity contribution in [1.29, 1.82) is 0 Å². The third kappa shape index (κ3) is 3.26. The molecule has 110 valence electrons. The smallest absolute Gasteiger partial charge is 0.0386 e. The first kappa shape index (κ1) is 13.7. The SMILES string of the molecule is CN1CCCCC1CNc1cccc(N2CCCC2)c1. The van der Waals surface area contributed by atoms with E-state index in [-0.39, 0.29) is 0 Å². The summed E-state index contributed by atoms with van der Waals surface area (Å²) in [6, 6.07) is 9.62. The highest BCUT2D eigenvalue weighted by atomic mass is 15.2. The first-order valence-electron chi connectivity index (χ1n) is 8.12. The predicted octanol–water partition coefficient (Wildman–Crippen LogP) is 3.18. The Morgan fingerprint density at radius 3 is 2.70 bits per heavy atom. The fourth-order valence-corrected chi connectivity index (χ4v) is 3.43. The zero-order valence-corrected chi connectivity index (χ0v) is 12.6. The summed E-state index contributed by atoms with van der Waals surface area (Å²) in [5, 5.41) is 3.64. The number of likely N-dealkylation sites (tertiary alicyclic amines) is 1. The Hall–Kier alpha value is -1.22. The molecule has 1 aromatic carbocycles. The van der Waals surface area contributed by atoms with E-state index in [1.165, 1.54) is 63.1 Å². The van der Waals surface area contributed by atoms with Crippen molar-refractivity contribution < 1.29 is 0 Å². The van der Waals surface area contributed by atoms with Crippen molar-refractivity contribution in [3.8, 4) is 0 Å². The number of hydrogen-bond donors (Lipinski definition) is 1. The highest BCUT2D eigenvalue weighted by Crippen LogP contribution is 2.24. The van der Waals surface area contributed by atoms with Gasteiger partial charge in [-0.25, -0.2) is 0 Å². The van der Waals surface area contributed by atoms with Crippen LogP contribution in [0.2, 0.25) is 0 Å². The number of nitrogens with zero attached hydrogens (tertiary/aromatic N) is 2. The minimum absolute atomic E-state index is 0.694. The van der Waals surface area contributed by atoms with Gasteiger partial charge < -0.3 is 15.1 Å². The van der Waals surface area contributed by atoms with Crippen LogP contribution in [0.4, 0.5) is 11.4 Å². The molecule has 2 saturated heterocycles. The molecule has 0 aliphatic carbocycles. The quantitative estimate of drug-likeness (QED) is 0.909. The predicted molar refractivity (Wildman–Crippen MR) is 86.6 cm³/mol. The van der Waals surface area contributed by atoms with Crippen molar-refractivity contribution in [2.45, 2.75) is 38.1 Å². The standard InChI is InChI=1S/C17H27N3/c1-19-10-3-2-8-17(19)14-18-15-7-6-9-16(13-15)20-11-4-5-12-20/h6-7,9,13,17-18H,2-5,8,10-12,14H2,1H3. The second kappa shape index (κ2) is 6.49.